The van der Waals surface area contributed by atoms with Crippen molar-refractivity contribution < 1.29 is 4.79 Å². The van der Waals surface area contributed by atoms with E-state index in [-0.39, 0.29) is 11.9 Å². The number of fused-ring (bicyclic) bond motifs is 1. The zero-order valence-electron chi connectivity index (χ0n) is 11.3. The molecule has 3 nitrogen and oxygen atoms in total. The molecule has 0 aliphatic heterocycles. The van der Waals surface area contributed by atoms with Crippen molar-refractivity contribution in [1.82, 2.24) is 10.3 Å². The Bertz CT molecular complexity index is 604. The molecule has 1 heterocycles. The summed E-state index contributed by atoms with van der Waals surface area (Å²) in [6.45, 7) is 4.03. The molecule has 1 unspecified atom stereocenters. The smallest absolute Gasteiger partial charge is 0.244 e. The van der Waals surface area contributed by atoms with Crippen LogP contribution in [0.1, 0.15) is 25.8 Å². The third-order valence-corrected chi connectivity index (χ3v) is 3.04. The molecule has 98 valence electrons. The molecule has 0 bridgehead atoms. The lowest BCUT2D eigenvalue weighted by molar-refractivity contribution is -0.117. The van der Waals surface area contributed by atoms with Crippen molar-refractivity contribution in [2.75, 3.05) is 0 Å². The van der Waals surface area contributed by atoms with E-state index < -0.39 is 0 Å². The standard InChI is InChI=1S/C16H18N2O/c1-3-12(2)18-16(19)9-8-13-10-14-6-4-5-7-15(14)17-11-13/h4-12H,3H2,1-2H3,(H,18,19)/b9-8+. The molecule has 1 aromatic carbocycles. The number of nitrogens with one attached hydrogen (secondary N) is 1. The highest BCUT2D eigenvalue weighted by molar-refractivity contribution is 5.92. The summed E-state index contributed by atoms with van der Waals surface area (Å²) in [5.74, 6) is -0.0671. The SMILES string of the molecule is CCC(C)NC(=O)/C=C/c1cnc2ccccc2c1. The first-order chi connectivity index (χ1) is 9.19. The summed E-state index contributed by atoms with van der Waals surface area (Å²) in [6.07, 6.45) is 6.04. The van der Waals surface area contributed by atoms with Gasteiger partial charge in [0.1, 0.15) is 0 Å². The number of aromatic nitrogens is 1. The van der Waals surface area contributed by atoms with E-state index in [1.54, 1.807) is 18.3 Å². The second-order valence-electron chi connectivity index (χ2n) is 4.61. The van der Waals surface area contributed by atoms with Gasteiger partial charge in [0, 0.05) is 23.7 Å². The summed E-state index contributed by atoms with van der Waals surface area (Å²) >= 11 is 0. The van der Waals surface area contributed by atoms with E-state index in [9.17, 15) is 4.79 Å². The van der Waals surface area contributed by atoms with Crippen molar-refractivity contribution in [3.63, 3.8) is 0 Å². The molecular weight excluding hydrogens is 236 g/mol. The first kappa shape index (κ1) is 13.3. The van der Waals surface area contributed by atoms with Crippen LogP contribution in [0.3, 0.4) is 0 Å². The molecule has 0 aliphatic carbocycles. The third-order valence-electron chi connectivity index (χ3n) is 3.04. The summed E-state index contributed by atoms with van der Waals surface area (Å²) in [4.78, 5) is 16.0. The van der Waals surface area contributed by atoms with Gasteiger partial charge in [-0.15, -0.1) is 0 Å². The highest BCUT2D eigenvalue weighted by atomic mass is 16.1. The molecule has 1 amide bonds. The zero-order valence-corrected chi connectivity index (χ0v) is 11.3. The Morgan fingerprint density at radius 3 is 3.00 bits per heavy atom. The molecule has 2 rings (SSSR count). The number of hydrogen-bond acceptors (Lipinski definition) is 2. The Morgan fingerprint density at radius 2 is 2.21 bits per heavy atom. The molecule has 1 atom stereocenters. The molecule has 2 aromatic rings. The average molecular weight is 254 g/mol. The van der Waals surface area contributed by atoms with E-state index in [1.807, 2.05) is 44.2 Å². The van der Waals surface area contributed by atoms with Crippen LogP contribution in [-0.4, -0.2) is 16.9 Å². The van der Waals surface area contributed by atoms with Gasteiger partial charge in [-0.3, -0.25) is 9.78 Å². The lowest BCUT2D eigenvalue weighted by atomic mass is 10.1. The molecule has 0 saturated heterocycles. The minimum absolute atomic E-state index is 0.0671. The molecule has 0 saturated carbocycles. The van der Waals surface area contributed by atoms with Crippen LogP contribution in [0.4, 0.5) is 0 Å². The maximum absolute atomic E-state index is 11.6. The van der Waals surface area contributed by atoms with Gasteiger partial charge in [-0.25, -0.2) is 0 Å². The van der Waals surface area contributed by atoms with Crippen LogP contribution in [0.25, 0.3) is 17.0 Å². The van der Waals surface area contributed by atoms with Crippen LogP contribution in [0.5, 0.6) is 0 Å². The fourth-order valence-corrected chi connectivity index (χ4v) is 1.74. The number of nitrogens with zero attached hydrogens (tertiary/aromatic N) is 1. The summed E-state index contributed by atoms with van der Waals surface area (Å²) < 4.78 is 0. The van der Waals surface area contributed by atoms with Crippen molar-refractivity contribution in [3.8, 4) is 0 Å². The Labute approximate surface area is 113 Å². The van der Waals surface area contributed by atoms with Crippen LogP contribution in [0.2, 0.25) is 0 Å². The molecule has 0 aliphatic rings. The Hall–Kier alpha value is -2.16. The molecule has 0 radical (unpaired) electrons. The number of hydrogen-bond donors (Lipinski definition) is 1. The fourth-order valence-electron chi connectivity index (χ4n) is 1.74. The Morgan fingerprint density at radius 1 is 1.42 bits per heavy atom. The van der Waals surface area contributed by atoms with Gasteiger partial charge in [-0.05, 0) is 37.1 Å². The van der Waals surface area contributed by atoms with Crippen molar-refractivity contribution >= 4 is 22.9 Å². The predicted octanol–water partition coefficient (Wildman–Crippen LogP) is 3.16. The lowest BCUT2D eigenvalue weighted by Crippen LogP contribution is -2.30. The minimum Gasteiger partial charge on any atom is -0.350 e. The minimum atomic E-state index is -0.0671. The number of benzene rings is 1. The van der Waals surface area contributed by atoms with Gasteiger partial charge in [0.2, 0.25) is 5.91 Å². The van der Waals surface area contributed by atoms with E-state index in [0.717, 1.165) is 22.9 Å². The molecule has 3 heteroatoms. The number of carbonyl (C=O) groups excluding carboxylic acids is 1. The molecule has 0 fully saturated rings. The van der Waals surface area contributed by atoms with Gasteiger partial charge in [0.05, 0.1) is 5.52 Å². The topological polar surface area (TPSA) is 42.0 Å². The van der Waals surface area contributed by atoms with Crippen molar-refractivity contribution in [2.45, 2.75) is 26.3 Å². The number of carbonyl (C=O) groups is 1. The molecular formula is C16H18N2O. The van der Waals surface area contributed by atoms with Gasteiger partial charge in [-0.2, -0.15) is 0 Å². The van der Waals surface area contributed by atoms with Crippen LogP contribution in [0.15, 0.2) is 42.6 Å². The Kier molecular flexibility index (Phi) is 4.29. The maximum atomic E-state index is 11.6. The van der Waals surface area contributed by atoms with Crippen LogP contribution in [-0.2, 0) is 4.79 Å². The van der Waals surface area contributed by atoms with E-state index >= 15 is 0 Å². The average Bonchev–Trinajstić information content (AvgIpc) is 2.44. The van der Waals surface area contributed by atoms with E-state index in [1.165, 1.54) is 0 Å². The van der Waals surface area contributed by atoms with Gasteiger partial charge in [-0.1, -0.05) is 25.1 Å². The highest BCUT2D eigenvalue weighted by Gasteiger charge is 2.01. The zero-order chi connectivity index (χ0) is 13.7. The Balaban J connectivity index is 2.10. The van der Waals surface area contributed by atoms with Crippen molar-refractivity contribution in [2.24, 2.45) is 0 Å². The predicted molar refractivity (Wildman–Crippen MR) is 78.7 cm³/mol. The van der Waals surface area contributed by atoms with Crippen molar-refractivity contribution in [3.05, 3.63) is 48.2 Å². The quantitative estimate of drug-likeness (QED) is 0.851. The number of rotatable bonds is 4. The first-order valence-electron chi connectivity index (χ1n) is 6.52. The summed E-state index contributed by atoms with van der Waals surface area (Å²) in [5.41, 5.74) is 1.89. The fraction of sp³-hybridized carbons (Fsp3) is 0.250. The van der Waals surface area contributed by atoms with Crippen LogP contribution >= 0.6 is 0 Å². The summed E-state index contributed by atoms with van der Waals surface area (Å²) in [5, 5.41) is 3.97. The van der Waals surface area contributed by atoms with Gasteiger partial charge >= 0.3 is 0 Å². The second-order valence-corrected chi connectivity index (χ2v) is 4.61. The monoisotopic (exact) mass is 254 g/mol. The molecule has 1 aromatic heterocycles. The normalized spacial score (nSPS) is 12.7. The van der Waals surface area contributed by atoms with E-state index in [4.69, 9.17) is 0 Å². The van der Waals surface area contributed by atoms with Crippen LogP contribution < -0.4 is 5.32 Å². The second kappa shape index (κ2) is 6.14. The number of para-hydroxylation sites is 1. The highest BCUT2D eigenvalue weighted by Crippen LogP contribution is 2.13. The molecule has 19 heavy (non-hydrogen) atoms. The largest absolute Gasteiger partial charge is 0.350 e. The van der Waals surface area contributed by atoms with Crippen LogP contribution in [0, 0.1) is 0 Å². The lowest BCUT2D eigenvalue weighted by Gasteiger charge is -2.08. The number of pyridine rings is 1. The van der Waals surface area contributed by atoms with Gasteiger partial charge < -0.3 is 5.32 Å². The number of amides is 1. The third kappa shape index (κ3) is 3.65. The summed E-state index contributed by atoms with van der Waals surface area (Å²) in [7, 11) is 0. The molecule has 0 spiro atoms. The maximum Gasteiger partial charge on any atom is 0.244 e. The molecule has 1 N–H and O–H groups in total. The summed E-state index contributed by atoms with van der Waals surface area (Å²) in [6, 6.07) is 10.1. The van der Waals surface area contributed by atoms with E-state index in [2.05, 4.69) is 10.3 Å². The first-order valence-corrected chi connectivity index (χ1v) is 6.52. The van der Waals surface area contributed by atoms with E-state index in [0.29, 0.717) is 0 Å². The van der Waals surface area contributed by atoms with Gasteiger partial charge in [0.25, 0.3) is 0 Å². The van der Waals surface area contributed by atoms with Crippen molar-refractivity contribution in [1.29, 1.82) is 0 Å². The van der Waals surface area contributed by atoms with Gasteiger partial charge in [0.15, 0.2) is 0 Å².